The molecule has 0 radical (unpaired) electrons. The van der Waals surface area contributed by atoms with Gasteiger partial charge in [-0.2, -0.15) is 0 Å². The van der Waals surface area contributed by atoms with Gasteiger partial charge in [0.1, 0.15) is 5.65 Å². The van der Waals surface area contributed by atoms with Crippen LogP contribution in [0.5, 0.6) is 0 Å². The number of amides is 1. The third-order valence-corrected chi connectivity index (χ3v) is 4.18. The van der Waals surface area contributed by atoms with Gasteiger partial charge in [-0.15, -0.1) is 0 Å². The minimum Gasteiger partial charge on any atom is -0.378 e. The molecule has 0 aliphatic carbocycles. The molecule has 1 aromatic carbocycles. The van der Waals surface area contributed by atoms with Gasteiger partial charge < -0.3 is 10.2 Å². The Kier molecular flexibility index (Phi) is 4.33. The minimum absolute atomic E-state index is 0.259. The summed E-state index contributed by atoms with van der Waals surface area (Å²) in [6, 6.07) is 8.71. The number of carbonyl (C=O) groups is 1. The van der Waals surface area contributed by atoms with Crippen LogP contribution >= 0.6 is 0 Å². The van der Waals surface area contributed by atoms with Crippen molar-refractivity contribution in [2.45, 2.75) is 0 Å². The van der Waals surface area contributed by atoms with Crippen LogP contribution < -0.4 is 21.5 Å². The lowest BCUT2D eigenvalue weighted by Crippen LogP contribution is -2.37. The predicted octanol–water partition coefficient (Wildman–Crippen LogP) is 0.950. The number of rotatable bonds is 3. The first-order valence-electron chi connectivity index (χ1n) is 7.94. The molecule has 3 rings (SSSR count). The smallest absolute Gasteiger partial charge is 0.332 e. The normalized spacial score (nSPS) is 10.8. The zero-order valence-corrected chi connectivity index (χ0v) is 15.0. The number of aryl methyl sites for hydroxylation is 1. The lowest BCUT2D eigenvalue weighted by Gasteiger charge is -2.13. The Morgan fingerprint density at radius 1 is 1.12 bits per heavy atom. The number of hydrogen-bond acceptors (Lipinski definition) is 5. The predicted molar refractivity (Wildman–Crippen MR) is 101 cm³/mol. The molecule has 26 heavy (non-hydrogen) atoms. The summed E-state index contributed by atoms with van der Waals surface area (Å²) in [4.78, 5) is 42.8. The number of anilines is 2. The van der Waals surface area contributed by atoms with Gasteiger partial charge in [0.15, 0.2) is 0 Å². The minimum atomic E-state index is -0.457. The summed E-state index contributed by atoms with van der Waals surface area (Å²) < 4.78 is 2.30. The van der Waals surface area contributed by atoms with Crippen LogP contribution in [-0.2, 0) is 14.1 Å². The molecule has 0 fully saturated rings. The lowest BCUT2D eigenvalue weighted by atomic mass is 10.1. The van der Waals surface area contributed by atoms with Crippen molar-refractivity contribution in [3.05, 3.63) is 62.9 Å². The number of aromatic nitrogens is 3. The molecule has 0 atom stereocenters. The second kappa shape index (κ2) is 6.47. The Morgan fingerprint density at radius 3 is 2.54 bits per heavy atom. The number of nitrogens with one attached hydrogen (secondary N) is 1. The Morgan fingerprint density at radius 2 is 1.85 bits per heavy atom. The maximum Gasteiger partial charge on any atom is 0.332 e. The van der Waals surface area contributed by atoms with Gasteiger partial charge in [0.25, 0.3) is 11.5 Å². The van der Waals surface area contributed by atoms with E-state index in [0.29, 0.717) is 11.3 Å². The standard InChI is InChI=1S/C18H19N5O3/c1-21(2)13-7-5-6-11(8-13)16(24)20-12-9-14-15(19-10-12)22(3)18(26)23(4)17(14)25/h5-10H,1-4H3,(H,20,24). The molecule has 8 nitrogen and oxygen atoms in total. The molecule has 2 heterocycles. The molecule has 0 aliphatic heterocycles. The van der Waals surface area contributed by atoms with Gasteiger partial charge in [-0.3, -0.25) is 18.7 Å². The molecule has 0 saturated heterocycles. The van der Waals surface area contributed by atoms with Crippen molar-refractivity contribution in [3.63, 3.8) is 0 Å². The van der Waals surface area contributed by atoms with Crippen molar-refractivity contribution >= 4 is 28.3 Å². The number of pyridine rings is 1. The molecule has 2 aromatic heterocycles. The van der Waals surface area contributed by atoms with E-state index in [2.05, 4.69) is 10.3 Å². The van der Waals surface area contributed by atoms with Gasteiger partial charge >= 0.3 is 5.69 Å². The molecule has 134 valence electrons. The SMILES string of the molecule is CN(C)c1cccc(C(=O)Nc2cnc3c(c2)c(=O)n(C)c(=O)n3C)c1. The maximum atomic E-state index is 12.5. The first kappa shape index (κ1) is 17.4. The van der Waals surface area contributed by atoms with Gasteiger partial charge in [0.05, 0.1) is 17.3 Å². The largest absolute Gasteiger partial charge is 0.378 e. The van der Waals surface area contributed by atoms with Gasteiger partial charge in [-0.05, 0) is 24.3 Å². The van der Waals surface area contributed by atoms with E-state index in [4.69, 9.17) is 0 Å². The van der Waals surface area contributed by atoms with Gasteiger partial charge in [0.2, 0.25) is 0 Å². The van der Waals surface area contributed by atoms with Gasteiger partial charge in [-0.25, -0.2) is 9.78 Å². The molecule has 8 heteroatoms. The van der Waals surface area contributed by atoms with E-state index in [1.54, 1.807) is 25.2 Å². The molecule has 3 aromatic rings. The van der Waals surface area contributed by atoms with E-state index < -0.39 is 11.2 Å². The fourth-order valence-electron chi connectivity index (χ4n) is 2.66. The van der Waals surface area contributed by atoms with E-state index in [1.165, 1.54) is 23.9 Å². The number of carbonyl (C=O) groups excluding carboxylic acids is 1. The summed E-state index contributed by atoms with van der Waals surface area (Å²) in [7, 11) is 6.73. The van der Waals surface area contributed by atoms with Crippen LogP contribution in [0.2, 0.25) is 0 Å². The van der Waals surface area contributed by atoms with Crippen LogP contribution in [-0.4, -0.2) is 34.1 Å². The van der Waals surface area contributed by atoms with Crippen LogP contribution in [0.25, 0.3) is 11.0 Å². The topological polar surface area (TPSA) is 89.2 Å². The second-order valence-corrected chi connectivity index (χ2v) is 6.20. The number of benzene rings is 1. The first-order valence-corrected chi connectivity index (χ1v) is 7.94. The highest BCUT2D eigenvalue weighted by molar-refractivity contribution is 6.05. The molecule has 0 bridgehead atoms. The quantitative estimate of drug-likeness (QED) is 0.757. The highest BCUT2D eigenvalue weighted by Gasteiger charge is 2.12. The van der Waals surface area contributed by atoms with Crippen molar-refractivity contribution in [2.24, 2.45) is 14.1 Å². The average Bonchev–Trinajstić information content (AvgIpc) is 2.64. The summed E-state index contributed by atoms with van der Waals surface area (Å²) in [5.41, 5.74) is 1.13. The van der Waals surface area contributed by atoms with Gasteiger partial charge in [0, 0.05) is 39.4 Å². The molecule has 0 saturated carbocycles. The van der Waals surface area contributed by atoms with Crippen molar-refractivity contribution < 1.29 is 4.79 Å². The van der Waals surface area contributed by atoms with E-state index in [9.17, 15) is 14.4 Å². The van der Waals surface area contributed by atoms with E-state index in [-0.39, 0.29) is 16.9 Å². The highest BCUT2D eigenvalue weighted by atomic mass is 16.2. The summed E-state index contributed by atoms with van der Waals surface area (Å²) >= 11 is 0. The summed E-state index contributed by atoms with van der Waals surface area (Å²) in [5, 5.41) is 3.00. The zero-order valence-electron chi connectivity index (χ0n) is 15.0. The van der Waals surface area contributed by atoms with Crippen molar-refractivity contribution in [2.75, 3.05) is 24.3 Å². The molecule has 0 aliphatic rings. The number of fused-ring (bicyclic) bond motifs is 1. The van der Waals surface area contributed by atoms with Crippen molar-refractivity contribution in [3.8, 4) is 0 Å². The molecular formula is C18H19N5O3. The Labute approximate surface area is 149 Å². The Balaban J connectivity index is 1.99. The van der Waals surface area contributed by atoms with Crippen LogP contribution in [0.4, 0.5) is 11.4 Å². The van der Waals surface area contributed by atoms with Crippen LogP contribution in [0.3, 0.4) is 0 Å². The van der Waals surface area contributed by atoms with Crippen LogP contribution in [0.1, 0.15) is 10.4 Å². The highest BCUT2D eigenvalue weighted by Crippen LogP contribution is 2.16. The van der Waals surface area contributed by atoms with Gasteiger partial charge in [-0.1, -0.05) is 6.07 Å². The number of hydrogen-bond donors (Lipinski definition) is 1. The van der Waals surface area contributed by atoms with Crippen molar-refractivity contribution in [1.82, 2.24) is 14.1 Å². The summed E-state index contributed by atoms with van der Waals surface area (Å²) in [5.74, 6) is -0.309. The second-order valence-electron chi connectivity index (χ2n) is 6.20. The Bertz CT molecular complexity index is 1130. The molecule has 1 N–H and O–H groups in total. The Hall–Kier alpha value is -3.42. The zero-order chi connectivity index (χ0) is 19.0. The van der Waals surface area contributed by atoms with E-state index >= 15 is 0 Å². The average molecular weight is 353 g/mol. The summed E-state index contributed by atoms with van der Waals surface area (Å²) in [6.07, 6.45) is 1.43. The fourth-order valence-corrected chi connectivity index (χ4v) is 2.66. The van der Waals surface area contributed by atoms with E-state index in [0.717, 1.165) is 10.3 Å². The van der Waals surface area contributed by atoms with E-state index in [1.807, 2.05) is 25.1 Å². The van der Waals surface area contributed by atoms with Crippen LogP contribution in [0.15, 0.2) is 46.1 Å². The fraction of sp³-hybridized carbons (Fsp3) is 0.222. The molecule has 0 unspecified atom stereocenters. The lowest BCUT2D eigenvalue weighted by molar-refractivity contribution is 0.102. The van der Waals surface area contributed by atoms with Crippen LogP contribution in [0, 0.1) is 0 Å². The monoisotopic (exact) mass is 353 g/mol. The van der Waals surface area contributed by atoms with Crippen molar-refractivity contribution in [1.29, 1.82) is 0 Å². The third-order valence-electron chi connectivity index (χ3n) is 4.18. The third kappa shape index (κ3) is 2.97. The summed E-state index contributed by atoms with van der Waals surface area (Å²) in [6.45, 7) is 0. The first-order chi connectivity index (χ1) is 12.3. The molecular weight excluding hydrogens is 334 g/mol. The maximum absolute atomic E-state index is 12.5. The number of nitrogens with zero attached hydrogens (tertiary/aromatic N) is 4. The molecule has 1 amide bonds. The molecule has 0 spiro atoms.